The van der Waals surface area contributed by atoms with Gasteiger partial charge in [0.1, 0.15) is 15.6 Å². The summed E-state index contributed by atoms with van der Waals surface area (Å²) in [6.45, 7) is 3.71. The number of aromatic nitrogens is 2. The smallest absolute Gasteiger partial charge is 0.350 e. The van der Waals surface area contributed by atoms with Crippen LogP contribution in [-0.2, 0) is 4.74 Å². The normalized spacial score (nSPS) is 10.5. The summed E-state index contributed by atoms with van der Waals surface area (Å²) < 4.78 is 4.69. The van der Waals surface area contributed by atoms with Crippen molar-refractivity contribution in [3.63, 3.8) is 0 Å². The van der Waals surface area contributed by atoms with Gasteiger partial charge in [-0.05, 0) is 13.8 Å². The van der Waals surface area contributed by atoms with Gasteiger partial charge in [-0.25, -0.2) is 14.8 Å². The number of benzene rings is 1. The fourth-order valence-corrected chi connectivity index (χ4v) is 3.79. The standard InChI is InChI=1S/C17H15N3O3S2/c1-9-4-6-11(7-5-9)15-19-12(8-24-15)14(21)20-17-18-10(2)13(25-17)16(22)23-3/h4-8H,1-3H3,(H,18,20,21). The molecule has 0 aliphatic carbocycles. The highest BCUT2D eigenvalue weighted by Crippen LogP contribution is 2.26. The molecule has 0 fully saturated rings. The van der Waals surface area contributed by atoms with Gasteiger partial charge in [-0.1, -0.05) is 41.2 Å². The molecule has 2 heterocycles. The molecule has 1 amide bonds. The number of anilines is 1. The van der Waals surface area contributed by atoms with Gasteiger partial charge in [-0.2, -0.15) is 0 Å². The van der Waals surface area contributed by atoms with E-state index in [0.29, 0.717) is 21.4 Å². The molecule has 0 aliphatic heterocycles. The molecular formula is C17H15N3O3S2. The van der Waals surface area contributed by atoms with Crippen molar-refractivity contribution in [2.75, 3.05) is 12.4 Å². The van der Waals surface area contributed by atoms with E-state index in [0.717, 1.165) is 21.9 Å². The Hall–Kier alpha value is -2.58. The number of nitrogens with zero attached hydrogens (tertiary/aromatic N) is 2. The van der Waals surface area contributed by atoms with Crippen LogP contribution in [0.5, 0.6) is 0 Å². The number of nitrogens with one attached hydrogen (secondary N) is 1. The lowest BCUT2D eigenvalue weighted by molar-refractivity contribution is 0.0605. The number of carbonyl (C=O) groups excluding carboxylic acids is 2. The fraction of sp³-hybridized carbons (Fsp3) is 0.176. The second-order valence-electron chi connectivity index (χ2n) is 5.28. The molecule has 0 aliphatic rings. The summed E-state index contributed by atoms with van der Waals surface area (Å²) in [5, 5.41) is 5.49. The number of hydrogen-bond acceptors (Lipinski definition) is 7. The summed E-state index contributed by atoms with van der Waals surface area (Å²) in [5.74, 6) is -0.828. The minimum Gasteiger partial charge on any atom is -0.465 e. The van der Waals surface area contributed by atoms with Crippen LogP contribution in [0.2, 0.25) is 0 Å². The molecule has 3 rings (SSSR count). The van der Waals surface area contributed by atoms with Crippen LogP contribution in [-0.4, -0.2) is 29.0 Å². The summed E-state index contributed by atoms with van der Waals surface area (Å²) in [6, 6.07) is 7.96. The maximum absolute atomic E-state index is 12.4. The number of esters is 1. The lowest BCUT2D eigenvalue weighted by atomic mass is 10.2. The number of rotatable bonds is 4. The highest BCUT2D eigenvalue weighted by molar-refractivity contribution is 7.17. The van der Waals surface area contributed by atoms with Crippen LogP contribution in [0, 0.1) is 13.8 Å². The molecule has 0 spiro atoms. The molecule has 2 aromatic heterocycles. The Balaban J connectivity index is 1.76. The van der Waals surface area contributed by atoms with Crippen molar-refractivity contribution in [1.82, 2.24) is 9.97 Å². The minimum absolute atomic E-state index is 0.313. The Bertz CT molecular complexity index is 929. The van der Waals surface area contributed by atoms with Crippen LogP contribution < -0.4 is 5.32 Å². The van der Waals surface area contributed by atoms with Crippen molar-refractivity contribution in [3.05, 3.63) is 51.5 Å². The van der Waals surface area contributed by atoms with Gasteiger partial charge >= 0.3 is 5.97 Å². The van der Waals surface area contributed by atoms with Crippen molar-refractivity contribution in [1.29, 1.82) is 0 Å². The molecule has 8 heteroatoms. The molecule has 25 heavy (non-hydrogen) atoms. The van der Waals surface area contributed by atoms with Crippen LogP contribution in [0.1, 0.15) is 31.4 Å². The van der Waals surface area contributed by atoms with E-state index in [2.05, 4.69) is 20.0 Å². The van der Waals surface area contributed by atoms with Gasteiger partial charge < -0.3 is 4.74 Å². The molecule has 6 nitrogen and oxygen atoms in total. The average Bonchev–Trinajstić information content (AvgIpc) is 3.22. The van der Waals surface area contributed by atoms with Crippen molar-refractivity contribution in [2.24, 2.45) is 0 Å². The minimum atomic E-state index is -0.467. The van der Waals surface area contributed by atoms with Crippen LogP contribution in [0.3, 0.4) is 0 Å². The maximum atomic E-state index is 12.4. The fourth-order valence-electron chi connectivity index (χ4n) is 2.10. The van der Waals surface area contributed by atoms with Gasteiger partial charge in [0, 0.05) is 10.9 Å². The number of ether oxygens (including phenoxy) is 1. The summed E-state index contributed by atoms with van der Waals surface area (Å²) >= 11 is 2.48. The van der Waals surface area contributed by atoms with Crippen LogP contribution >= 0.6 is 22.7 Å². The number of thiazole rings is 2. The van der Waals surface area contributed by atoms with E-state index in [-0.39, 0.29) is 5.91 Å². The molecule has 1 N–H and O–H groups in total. The molecule has 1 aromatic carbocycles. The summed E-state index contributed by atoms with van der Waals surface area (Å²) in [5.41, 5.74) is 2.96. The first-order valence-corrected chi connectivity index (χ1v) is 9.07. The van der Waals surface area contributed by atoms with E-state index >= 15 is 0 Å². The van der Waals surface area contributed by atoms with Gasteiger partial charge in [0.15, 0.2) is 5.13 Å². The Morgan fingerprint density at radius 1 is 1.12 bits per heavy atom. The van der Waals surface area contributed by atoms with Crippen LogP contribution in [0.25, 0.3) is 10.6 Å². The number of amides is 1. The van der Waals surface area contributed by atoms with E-state index in [1.54, 1.807) is 12.3 Å². The third-order valence-electron chi connectivity index (χ3n) is 3.42. The monoisotopic (exact) mass is 373 g/mol. The van der Waals surface area contributed by atoms with E-state index in [9.17, 15) is 9.59 Å². The highest BCUT2D eigenvalue weighted by atomic mass is 32.1. The summed E-state index contributed by atoms with van der Waals surface area (Å²) in [6.07, 6.45) is 0. The largest absolute Gasteiger partial charge is 0.465 e. The van der Waals surface area contributed by atoms with Crippen LogP contribution in [0.15, 0.2) is 29.6 Å². The van der Waals surface area contributed by atoms with Crippen molar-refractivity contribution < 1.29 is 14.3 Å². The van der Waals surface area contributed by atoms with E-state index in [1.165, 1.54) is 24.0 Å². The Morgan fingerprint density at radius 3 is 2.52 bits per heavy atom. The zero-order valence-electron chi connectivity index (χ0n) is 13.8. The molecule has 128 valence electrons. The molecule has 3 aromatic rings. The quantitative estimate of drug-likeness (QED) is 0.701. The Morgan fingerprint density at radius 2 is 1.84 bits per heavy atom. The van der Waals surface area contributed by atoms with Crippen molar-refractivity contribution >= 4 is 39.7 Å². The van der Waals surface area contributed by atoms with E-state index in [4.69, 9.17) is 0 Å². The van der Waals surface area contributed by atoms with E-state index < -0.39 is 5.97 Å². The van der Waals surface area contributed by atoms with Gasteiger partial charge in [-0.3, -0.25) is 10.1 Å². The highest BCUT2D eigenvalue weighted by Gasteiger charge is 2.18. The molecule has 0 unspecified atom stereocenters. The van der Waals surface area contributed by atoms with Crippen molar-refractivity contribution in [3.8, 4) is 10.6 Å². The Labute approximate surface area is 152 Å². The Kier molecular flexibility index (Phi) is 4.91. The van der Waals surface area contributed by atoms with Crippen LogP contribution in [0.4, 0.5) is 5.13 Å². The van der Waals surface area contributed by atoms with E-state index in [1.807, 2.05) is 31.2 Å². The second-order valence-corrected chi connectivity index (χ2v) is 7.14. The third-order valence-corrected chi connectivity index (χ3v) is 5.37. The maximum Gasteiger partial charge on any atom is 0.350 e. The predicted octanol–water partition coefficient (Wildman–Crippen LogP) is 3.92. The third kappa shape index (κ3) is 3.75. The average molecular weight is 373 g/mol. The topological polar surface area (TPSA) is 81.2 Å². The first-order valence-electron chi connectivity index (χ1n) is 7.37. The zero-order chi connectivity index (χ0) is 18.0. The number of methoxy groups -OCH3 is 1. The van der Waals surface area contributed by atoms with Gasteiger partial charge in [0.05, 0.1) is 12.8 Å². The molecular weight excluding hydrogens is 358 g/mol. The molecule has 0 radical (unpaired) electrons. The SMILES string of the molecule is COC(=O)c1sc(NC(=O)c2csc(-c3ccc(C)cc3)n2)nc1C. The predicted molar refractivity (Wildman–Crippen MR) is 98.4 cm³/mol. The molecule has 0 saturated heterocycles. The first-order chi connectivity index (χ1) is 12.0. The number of aryl methyl sites for hydroxylation is 2. The number of hydrogen-bond donors (Lipinski definition) is 1. The first kappa shape index (κ1) is 17.2. The number of carbonyl (C=O) groups is 2. The molecule has 0 atom stereocenters. The molecule has 0 saturated carbocycles. The van der Waals surface area contributed by atoms with Gasteiger partial charge in [0.25, 0.3) is 5.91 Å². The van der Waals surface area contributed by atoms with Gasteiger partial charge in [0.2, 0.25) is 0 Å². The summed E-state index contributed by atoms with van der Waals surface area (Å²) in [4.78, 5) is 32.9. The van der Waals surface area contributed by atoms with Crippen molar-refractivity contribution in [2.45, 2.75) is 13.8 Å². The lowest BCUT2D eigenvalue weighted by Gasteiger charge is -1.98. The zero-order valence-corrected chi connectivity index (χ0v) is 15.5. The summed E-state index contributed by atoms with van der Waals surface area (Å²) in [7, 11) is 1.31. The second kappa shape index (κ2) is 7.12. The lowest BCUT2D eigenvalue weighted by Crippen LogP contribution is -2.12. The molecule has 0 bridgehead atoms. The van der Waals surface area contributed by atoms with Gasteiger partial charge in [-0.15, -0.1) is 11.3 Å².